The Morgan fingerprint density at radius 2 is 2.00 bits per heavy atom. The first-order valence-corrected chi connectivity index (χ1v) is 7.35. The van der Waals surface area contributed by atoms with Crippen LogP contribution < -0.4 is 5.32 Å². The van der Waals surface area contributed by atoms with E-state index in [9.17, 15) is 9.18 Å². The molecule has 1 heterocycles. The van der Waals surface area contributed by atoms with Crippen LogP contribution in [0.25, 0.3) is 5.69 Å². The Morgan fingerprint density at radius 3 is 2.71 bits per heavy atom. The van der Waals surface area contributed by atoms with Crippen molar-refractivity contribution in [1.29, 1.82) is 0 Å². The van der Waals surface area contributed by atoms with Crippen molar-refractivity contribution in [2.24, 2.45) is 0 Å². The largest absolute Gasteiger partial charge is 0.351 e. The Hall–Kier alpha value is -2.17. The Bertz CT molecular complexity index is 661. The van der Waals surface area contributed by atoms with Gasteiger partial charge >= 0.3 is 0 Å². The van der Waals surface area contributed by atoms with E-state index in [2.05, 4.69) is 10.4 Å². The molecule has 3 rings (SSSR count). The lowest BCUT2D eigenvalue weighted by Gasteiger charge is -2.14. The van der Waals surface area contributed by atoms with Gasteiger partial charge in [-0.05, 0) is 56.9 Å². The van der Waals surface area contributed by atoms with Gasteiger partial charge in [0.2, 0.25) is 0 Å². The molecule has 0 unspecified atom stereocenters. The normalized spacial score (nSPS) is 13.8. The van der Waals surface area contributed by atoms with Crippen LogP contribution in [0.2, 0.25) is 0 Å². The van der Waals surface area contributed by atoms with E-state index in [1.807, 2.05) is 6.92 Å². The molecule has 0 saturated heterocycles. The van der Waals surface area contributed by atoms with Crippen LogP contribution in [0.15, 0.2) is 24.3 Å². The van der Waals surface area contributed by atoms with Gasteiger partial charge in [0.15, 0.2) is 5.69 Å². The molecule has 0 fully saturated rings. The number of carbonyl (C=O) groups is 1. The summed E-state index contributed by atoms with van der Waals surface area (Å²) < 4.78 is 14.9. The minimum atomic E-state index is -0.274. The molecule has 0 aliphatic heterocycles. The topological polar surface area (TPSA) is 46.9 Å². The van der Waals surface area contributed by atoms with Crippen LogP contribution in [0.3, 0.4) is 0 Å². The standard InChI is InChI=1S/C16H18FN3O/c1-2-18-16(21)15-13-5-3-4-6-14(13)20(19-15)12-9-7-11(17)8-10-12/h7-10H,2-6H2,1H3,(H,18,21). The lowest BCUT2D eigenvalue weighted by molar-refractivity contribution is 0.0949. The van der Waals surface area contributed by atoms with E-state index in [0.29, 0.717) is 12.2 Å². The fourth-order valence-electron chi connectivity index (χ4n) is 2.82. The predicted octanol–water partition coefficient (Wildman–Crippen LogP) is 2.64. The summed E-state index contributed by atoms with van der Waals surface area (Å²) in [5, 5.41) is 7.30. The van der Waals surface area contributed by atoms with Crippen molar-refractivity contribution in [2.75, 3.05) is 6.54 Å². The Morgan fingerprint density at radius 1 is 1.29 bits per heavy atom. The quantitative estimate of drug-likeness (QED) is 0.943. The van der Waals surface area contributed by atoms with Gasteiger partial charge in [0.05, 0.1) is 5.69 Å². The predicted molar refractivity (Wildman–Crippen MR) is 78.2 cm³/mol. The smallest absolute Gasteiger partial charge is 0.272 e. The lowest BCUT2D eigenvalue weighted by Crippen LogP contribution is -2.24. The summed E-state index contributed by atoms with van der Waals surface area (Å²) in [6.07, 6.45) is 3.95. The van der Waals surface area contributed by atoms with Gasteiger partial charge in [0.1, 0.15) is 5.82 Å². The highest BCUT2D eigenvalue weighted by molar-refractivity contribution is 5.94. The van der Waals surface area contributed by atoms with E-state index >= 15 is 0 Å². The summed E-state index contributed by atoms with van der Waals surface area (Å²) in [6, 6.07) is 6.22. The molecule has 0 saturated carbocycles. The summed E-state index contributed by atoms with van der Waals surface area (Å²) in [5.41, 5.74) is 3.42. The number of nitrogens with one attached hydrogen (secondary N) is 1. The molecule has 1 aromatic carbocycles. The molecule has 1 aliphatic rings. The number of fused-ring (bicyclic) bond motifs is 1. The van der Waals surface area contributed by atoms with Crippen molar-refractivity contribution in [3.8, 4) is 5.69 Å². The van der Waals surface area contributed by atoms with E-state index < -0.39 is 0 Å². The Labute approximate surface area is 123 Å². The molecule has 4 nitrogen and oxygen atoms in total. The second-order valence-corrected chi connectivity index (χ2v) is 5.23. The molecule has 110 valence electrons. The molecule has 21 heavy (non-hydrogen) atoms. The van der Waals surface area contributed by atoms with Crippen LogP contribution in [-0.2, 0) is 12.8 Å². The first kappa shape index (κ1) is 13.8. The molecule has 1 amide bonds. The van der Waals surface area contributed by atoms with Gasteiger partial charge in [-0.3, -0.25) is 4.79 Å². The SMILES string of the molecule is CCNC(=O)c1nn(-c2ccc(F)cc2)c2c1CCCC2. The second kappa shape index (κ2) is 5.68. The number of benzene rings is 1. The zero-order chi connectivity index (χ0) is 14.8. The van der Waals surface area contributed by atoms with Crippen LogP contribution in [-0.4, -0.2) is 22.2 Å². The molecular formula is C16H18FN3O. The summed E-state index contributed by atoms with van der Waals surface area (Å²) in [4.78, 5) is 12.2. The van der Waals surface area contributed by atoms with E-state index in [-0.39, 0.29) is 11.7 Å². The van der Waals surface area contributed by atoms with Gasteiger partial charge in [-0.25, -0.2) is 9.07 Å². The van der Waals surface area contributed by atoms with Crippen molar-refractivity contribution in [3.05, 3.63) is 47.0 Å². The molecule has 1 aromatic heterocycles. The average molecular weight is 287 g/mol. The number of hydrogen-bond acceptors (Lipinski definition) is 2. The Balaban J connectivity index is 2.08. The van der Waals surface area contributed by atoms with Crippen LogP contribution in [0.4, 0.5) is 4.39 Å². The van der Waals surface area contributed by atoms with Crippen LogP contribution in [0.1, 0.15) is 41.5 Å². The summed E-state index contributed by atoms with van der Waals surface area (Å²) in [5.74, 6) is -0.403. The lowest BCUT2D eigenvalue weighted by atomic mass is 9.95. The first-order chi connectivity index (χ1) is 10.2. The number of aromatic nitrogens is 2. The van der Waals surface area contributed by atoms with Crippen molar-refractivity contribution in [1.82, 2.24) is 15.1 Å². The summed E-state index contributed by atoms with van der Waals surface area (Å²) in [7, 11) is 0. The average Bonchev–Trinajstić information content (AvgIpc) is 2.88. The van der Waals surface area contributed by atoms with E-state index in [1.54, 1.807) is 16.8 Å². The number of nitrogens with zero attached hydrogens (tertiary/aromatic N) is 2. The molecule has 2 aromatic rings. The highest BCUT2D eigenvalue weighted by atomic mass is 19.1. The van der Waals surface area contributed by atoms with Crippen molar-refractivity contribution >= 4 is 5.91 Å². The maximum absolute atomic E-state index is 13.1. The van der Waals surface area contributed by atoms with Gasteiger partial charge in [-0.15, -0.1) is 0 Å². The zero-order valence-electron chi connectivity index (χ0n) is 12.0. The third kappa shape index (κ3) is 2.55. The van der Waals surface area contributed by atoms with Crippen LogP contribution in [0.5, 0.6) is 0 Å². The van der Waals surface area contributed by atoms with E-state index in [0.717, 1.165) is 42.6 Å². The number of amides is 1. The molecule has 1 aliphatic carbocycles. The second-order valence-electron chi connectivity index (χ2n) is 5.23. The summed E-state index contributed by atoms with van der Waals surface area (Å²) >= 11 is 0. The third-order valence-corrected chi connectivity index (χ3v) is 3.80. The zero-order valence-corrected chi connectivity index (χ0v) is 12.0. The van der Waals surface area contributed by atoms with Gasteiger partial charge in [0, 0.05) is 17.8 Å². The number of rotatable bonds is 3. The molecule has 0 spiro atoms. The fraction of sp³-hybridized carbons (Fsp3) is 0.375. The molecule has 5 heteroatoms. The Kier molecular flexibility index (Phi) is 3.73. The third-order valence-electron chi connectivity index (χ3n) is 3.80. The number of hydrogen-bond donors (Lipinski definition) is 1. The van der Waals surface area contributed by atoms with Gasteiger partial charge in [-0.2, -0.15) is 5.10 Å². The monoisotopic (exact) mass is 287 g/mol. The van der Waals surface area contributed by atoms with Crippen molar-refractivity contribution < 1.29 is 9.18 Å². The van der Waals surface area contributed by atoms with Gasteiger partial charge in [-0.1, -0.05) is 0 Å². The molecule has 0 radical (unpaired) electrons. The van der Waals surface area contributed by atoms with Gasteiger partial charge in [0.25, 0.3) is 5.91 Å². The fourth-order valence-corrected chi connectivity index (χ4v) is 2.82. The van der Waals surface area contributed by atoms with Crippen molar-refractivity contribution in [2.45, 2.75) is 32.6 Å². The maximum atomic E-state index is 13.1. The highest BCUT2D eigenvalue weighted by Crippen LogP contribution is 2.27. The van der Waals surface area contributed by atoms with Crippen LogP contribution in [0, 0.1) is 5.82 Å². The molecular weight excluding hydrogens is 269 g/mol. The minimum Gasteiger partial charge on any atom is -0.351 e. The maximum Gasteiger partial charge on any atom is 0.272 e. The minimum absolute atomic E-state index is 0.128. The number of halogens is 1. The molecule has 0 bridgehead atoms. The highest BCUT2D eigenvalue weighted by Gasteiger charge is 2.25. The molecule has 0 atom stereocenters. The number of carbonyl (C=O) groups excluding carboxylic acids is 1. The van der Waals surface area contributed by atoms with E-state index in [4.69, 9.17) is 0 Å². The first-order valence-electron chi connectivity index (χ1n) is 7.35. The van der Waals surface area contributed by atoms with E-state index in [1.165, 1.54) is 12.1 Å². The van der Waals surface area contributed by atoms with Crippen molar-refractivity contribution in [3.63, 3.8) is 0 Å². The van der Waals surface area contributed by atoms with Gasteiger partial charge < -0.3 is 5.32 Å². The van der Waals surface area contributed by atoms with Crippen LogP contribution >= 0.6 is 0 Å². The molecule has 1 N–H and O–H groups in total. The summed E-state index contributed by atoms with van der Waals surface area (Å²) in [6.45, 7) is 2.47.